The van der Waals surface area contributed by atoms with E-state index in [2.05, 4.69) is 5.32 Å². The molecule has 0 spiro atoms. The summed E-state index contributed by atoms with van der Waals surface area (Å²) in [5, 5.41) is 11.9. The topological polar surface area (TPSA) is 66.4 Å². The molecule has 2 rings (SSSR count). The highest BCUT2D eigenvalue weighted by atomic mass is 16.4. The Morgan fingerprint density at radius 2 is 1.72 bits per heavy atom. The summed E-state index contributed by atoms with van der Waals surface area (Å²) in [6.07, 6.45) is 10.7. The second-order valence-corrected chi connectivity index (χ2v) is 5.37. The van der Waals surface area contributed by atoms with Crippen molar-refractivity contribution in [3.63, 3.8) is 0 Å². The summed E-state index contributed by atoms with van der Waals surface area (Å²) in [6.45, 7) is 0. The summed E-state index contributed by atoms with van der Waals surface area (Å²) in [5.41, 5.74) is 0. The van der Waals surface area contributed by atoms with Crippen LogP contribution in [-0.2, 0) is 9.59 Å². The molecule has 0 heterocycles. The van der Waals surface area contributed by atoms with Gasteiger partial charge in [0.1, 0.15) is 0 Å². The summed E-state index contributed by atoms with van der Waals surface area (Å²) in [7, 11) is 0. The third kappa shape index (κ3) is 3.34. The molecule has 0 aromatic heterocycles. The van der Waals surface area contributed by atoms with E-state index in [0.29, 0.717) is 6.42 Å². The van der Waals surface area contributed by atoms with Crippen LogP contribution >= 0.6 is 0 Å². The number of carboxylic acid groups (broad SMARTS) is 1. The molecular formula is C14H21NO3. The Bertz CT molecular complexity index is 343. The van der Waals surface area contributed by atoms with E-state index in [9.17, 15) is 9.59 Å². The van der Waals surface area contributed by atoms with Crippen LogP contribution in [0.4, 0.5) is 0 Å². The molecule has 0 bridgehead atoms. The van der Waals surface area contributed by atoms with Crippen LogP contribution in [0.5, 0.6) is 0 Å². The maximum absolute atomic E-state index is 12.1. The van der Waals surface area contributed by atoms with Crippen molar-refractivity contribution in [3.8, 4) is 0 Å². The summed E-state index contributed by atoms with van der Waals surface area (Å²) in [6, 6.07) is -0.0955. The first-order chi connectivity index (χ1) is 8.66. The molecule has 2 aliphatic carbocycles. The number of hydrogen-bond donors (Lipinski definition) is 2. The number of hydrogen-bond acceptors (Lipinski definition) is 2. The van der Waals surface area contributed by atoms with Gasteiger partial charge in [0.2, 0.25) is 5.91 Å². The first kappa shape index (κ1) is 13.1. The zero-order valence-electron chi connectivity index (χ0n) is 10.6. The van der Waals surface area contributed by atoms with Crippen molar-refractivity contribution >= 4 is 11.9 Å². The molecule has 2 atom stereocenters. The van der Waals surface area contributed by atoms with Gasteiger partial charge in [-0.25, -0.2) is 0 Å². The van der Waals surface area contributed by atoms with E-state index in [0.717, 1.165) is 25.7 Å². The van der Waals surface area contributed by atoms with Gasteiger partial charge in [-0.05, 0) is 19.3 Å². The maximum Gasteiger partial charge on any atom is 0.310 e. The largest absolute Gasteiger partial charge is 0.481 e. The van der Waals surface area contributed by atoms with Crippen LogP contribution in [-0.4, -0.2) is 23.0 Å². The normalized spacial score (nSPS) is 28.9. The van der Waals surface area contributed by atoms with Crippen LogP contribution in [0.1, 0.15) is 44.9 Å². The highest BCUT2D eigenvalue weighted by Crippen LogP contribution is 2.24. The number of carbonyl (C=O) groups excluding carboxylic acids is 1. The number of carboxylic acids is 1. The highest BCUT2D eigenvalue weighted by molar-refractivity contribution is 5.80. The summed E-state index contributed by atoms with van der Waals surface area (Å²) < 4.78 is 0. The standard InChI is InChI=1S/C14H21NO3/c16-13(10-5-3-1-2-4-6-10)15-12-8-7-11(9-12)14(17)18/h7-8,10-12H,1-6,9H2,(H,15,16)(H,17,18). The molecule has 100 valence electrons. The van der Waals surface area contributed by atoms with Crippen molar-refractivity contribution in [3.05, 3.63) is 12.2 Å². The van der Waals surface area contributed by atoms with E-state index < -0.39 is 11.9 Å². The fraction of sp³-hybridized carbons (Fsp3) is 0.714. The molecule has 2 N–H and O–H groups in total. The lowest BCUT2D eigenvalue weighted by Gasteiger charge is -2.18. The Labute approximate surface area is 107 Å². The number of nitrogens with one attached hydrogen (secondary N) is 1. The van der Waals surface area contributed by atoms with Gasteiger partial charge in [0.05, 0.1) is 5.92 Å². The molecule has 1 amide bonds. The van der Waals surface area contributed by atoms with Crippen LogP contribution in [0.3, 0.4) is 0 Å². The molecule has 4 heteroatoms. The quantitative estimate of drug-likeness (QED) is 0.596. The molecule has 0 radical (unpaired) electrons. The van der Waals surface area contributed by atoms with Crippen LogP contribution < -0.4 is 5.32 Å². The third-order valence-electron chi connectivity index (χ3n) is 3.95. The van der Waals surface area contributed by atoms with Crippen LogP contribution in [0.2, 0.25) is 0 Å². The Balaban J connectivity index is 1.81. The number of amides is 1. The molecule has 1 fully saturated rings. The minimum Gasteiger partial charge on any atom is -0.481 e. The van der Waals surface area contributed by atoms with Crippen LogP contribution in [0.15, 0.2) is 12.2 Å². The van der Waals surface area contributed by atoms with E-state index in [1.807, 2.05) is 6.08 Å². The summed E-state index contributed by atoms with van der Waals surface area (Å²) >= 11 is 0. The first-order valence-electron chi connectivity index (χ1n) is 6.88. The molecule has 0 aromatic carbocycles. The summed E-state index contributed by atoms with van der Waals surface area (Å²) in [5.74, 6) is -1.01. The second kappa shape index (κ2) is 6.03. The zero-order valence-corrected chi connectivity index (χ0v) is 10.6. The lowest BCUT2D eigenvalue weighted by atomic mass is 9.99. The van der Waals surface area contributed by atoms with Crippen LogP contribution in [0, 0.1) is 11.8 Å². The van der Waals surface area contributed by atoms with Crippen molar-refractivity contribution in [2.45, 2.75) is 51.0 Å². The average molecular weight is 251 g/mol. The molecule has 18 heavy (non-hydrogen) atoms. The fourth-order valence-corrected chi connectivity index (χ4v) is 2.83. The van der Waals surface area contributed by atoms with Crippen molar-refractivity contribution in [1.29, 1.82) is 0 Å². The monoisotopic (exact) mass is 251 g/mol. The smallest absolute Gasteiger partial charge is 0.310 e. The number of carbonyl (C=O) groups is 2. The maximum atomic E-state index is 12.1. The van der Waals surface area contributed by atoms with Gasteiger partial charge in [-0.1, -0.05) is 37.8 Å². The van der Waals surface area contributed by atoms with E-state index in [1.165, 1.54) is 12.8 Å². The molecule has 0 aliphatic heterocycles. The van der Waals surface area contributed by atoms with E-state index in [4.69, 9.17) is 5.11 Å². The number of rotatable bonds is 3. The molecule has 2 unspecified atom stereocenters. The Morgan fingerprint density at radius 3 is 2.28 bits per heavy atom. The second-order valence-electron chi connectivity index (χ2n) is 5.37. The Hall–Kier alpha value is -1.32. The van der Waals surface area contributed by atoms with Crippen LogP contribution in [0.25, 0.3) is 0 Å². The Morgan fingerprint density at radius 1 is 1.06 bits per heavy atom. The van der Waals surface area contributed by atoms with Gasteiger partial charge in [0, 0.05) is 12.0 Å². The summed E-state index contributed by atoms with van der Waals surface area (Å²) in [4.78, 5) is 22.9. The first-order valence-corrected chi connectivity index (χ1v) is 6.88. The van der Waals surface area contributed by atoms with Gasteiger partial charge in [0.15, 0.2) is 0 Å². The van der Waals surface area contributed by atoms with Crippen molar-refractivity contribution in [2.24, 2.45) is 11.8 Å². The average Bonchev–Trinajstić information content (AvgIpc) is 2.64. The van der Waals surface area contributed by atoms with Crippen molar-refractivity contribution in [2.75, 3.05) is 0 Å². The predicted octanol–water partition coefficient (Wildman–Crippen LogP) is 2.10. The lowest BCUT2D eigenvalue weighted by molar-refractivity contribution is -0.140. The molecule has 4 nitrogen and oxygen atoms in total. The number of aliphatic carboxylic acids is 1. The fourth-order valence-electron chi connectivity index (χ4n) is 2.83. The molecule has 0 aromatic rings. The molecule has 2 aliphatic rings. The predicted molar refractivity (Wildman–Crippen MR) is 68.0 cm³/mol. The van der Waals surface area contributed by atoms with Gasteiger partial charge in [-0.2, -0.15) is 0 Å². The van der Waals surface area contributed by atoms with Gasteiger partial charge in [0.25, 0.3) is 0 Å². The SMILES string of the molecule is O=C(O)C1C=CC(NC(=O)C2CCCCCC2)C1. The van der Waals surface area contributed by atoms with Crippen molar-refractivity contribution in [1.82, 2.24) is 5.32 Å². The molecule has 0 saturated heterocycles. The van der Waals surface area contributed by atoms with E-state index >= 15 is 0 Å². The lowest BCUT2D eigenvalue weighted by Crippen LogP contribution is -2.37. The van der Waals surface area contributed by atoms with Gasteiger partial charge < -0.3 is 10.4 Å². The van der Waals surface area contributed by atoms with E-state index in [-0.39, 0.29) is 17.9 Å². The zero-order chi connectivity index (χ0) is 13.0. The minimum atomic E-state index is -0.808. The highest BCUT2D eigenvalue weighted by Gasteiger charge is 2.27. The van der Waals surface area contributed by atoms with E-state index in [1.54, 1.807) is 6.08 Å². The van der Waals surface area contributed by atoms with Crippen molar-refractivity contribution < 1.29 is 14.7 Å². The molecule has 1 saturated carbocycles. The molecular weight excluding hydrogens is 230 g/mol. The minimum absolute atomic E-state index is 0.0955. The Kier molecular flexibility index (Phi) is 4.39. The van der Waals surface area contributed by atoms with Gasteiger partial charge in [-0.15, -0.1) is 0 Å². The van der Waals surface area contributed by atoms with Gasteiger partial charge in [-0.3, -0.25) is 9.59 Å². The van der Waals surface area contributed by atoms with Gasteiger partial charge >= 0.3 is 5.97 Å². The third-order valence-corrected chi connectivity index (χ3v) is 3.95.